The Balaban J connectivity index is 1.38. The number of aromatic nitrogens is 4. The molecule has 0 N–H and O–H groups in total. The fourth-order valence-corrected chi connectivity index (χ4v) is 8.65. The minimum absolute atomic E-state index is 0.0144. The number of fused-ring (bicyclic) bond motifs is 3. The van der Waals surface area contributed by atoms with E-state index in [1.165, 1.54) is 11.5 Å². The van der Waals surface area contributed by atoms with Gasteiger partial charge in [0.1, 0.15) is 34.6 Å². The number of carbonyl (C=O) groups excluding carboxylic acids is 2. The lowest BCUT2D eigenvalue weighted by Crippen LogP contribution is -2.46. The summed E-state index contributed by atoms with van der Waals surface area (Å²) in [7, 11) is 3.64. The zero-order chi connectivity index (χ0) is 36.6. The first-order valence-electron chi connectivity index (χ1n) is 17.0. The van der Waals surface area contributed by atoms with Crippen LogP contribution < -0.4 is 4.74 Å². The van der Waals surface area contributed by atoms with E-state index in [0.717, 1.165) is 39.9 Å². The molecule has 3 atom stereocenters. The summed E-state index contributed by atoms with van der Waals surface area (Å²) in [5, 5.41) is 7.34. The number of amides is 2. The van der Waals surface area contributed by atoms with Crippen LogP contribution >= 0.6 is 11.3 Å². The van der Waals surface area contributed by atoms with E-state index in [1.807, 2.05) is 55.9 Å². The minimum atomic E-state index is -0.961. The van der Waals surface area contributed by atoms with Gasteiger partial charge in [-0.1, -0.05) is 12.6 Å². The Kier molecular flexibility index (Phi) is 8.20. The van der Waals surface area contributed by atoms with Crippen molar-refractivity contribution in [2.45, 2.75) is 38.9 Å². The van der Waals surface area contributed by atoms with E-state index in [9.17, 15) is 14.0 Å². The molecule has 0 saturated carbocycles. The van der Waals surface area contributed by atoms with E-state index in [-0.39, 0.29) is 64.8 Å². The number of thiophene rings is 1. The van der Waals surface area contributed by atoms with Crippen LogP contribution in [0.4, 0.5) is 13.2 Å². The first-order valence-corrected chi connectivity index (χ1v) is 17.9. The number of hydrogen-bond acceptors (Lipinski definition) is 6. The zero-order valence-corrected chi connectivity index (χ0v) is 29.8. The molecule has 2 aliphatic rings. The van der Waals surface area contributed by atoms with E-state index in [0.29, 0.717) is 34.9 Å². The summed E-state index contributed by atoms with van der Waals surface area (Å²) in [5.74, 6) is -3.04. The van der Waals surface area contributed by atoms with Gasteiger partial charge in [-0.05, 0) is 44.2 Å². The zero-order valence-electron chi connectivity index (χ0n) is 29.0. The Labute approximate surface area is 301 Å². The largest absolute Gasteiger partial charge is 0.492 e. The maximum absolute atomic E-state index is 16.4. The number of hydrogen-bond donors (Lipinski definition) is 0. The summed E-state index contributed by atoms with van der Waals surface area (Å²) >= 11 is 1.14. The third kappa shape index (κ3) is 5.45. The van der Waals surface area contributed by atoms with E-state index >= 15 is 8.78 Å². The summed E-state index contributed by atoms with van der Waals surface area (Å²) in [6.45, 7) is 8.30. The Hall–Kier alpha value is -5.43. The first kappa shape index (κ1) is 33.7. The van der Waals surface area contributed by atoms with Gasteiger partial charge in [-0.15, -0.1) is 11.3 Å². The molecule has 6 heterocycles. The number of likely N-dealkylation sites (tertiary alicyclic amines) is 1. The van der Waals surface area contributed by atoms with Crippen LogP contribution in [0.5, 0.6) is 5.75 Å². The normalized spacial score (nSPS) is 18.8. The predicted octanol–water partition coefficient (Wildman–Crippen LogP) is 7.74. The van der Waals surface area contributed by atoms with Crippen LogP contribution in [0.1, 0.15) is 32.0 Å². The van der Waals surface area contributed by atoms with Crippen LogP contribution in [0.25, 0.3) is 54.8 Å². The molecule has 8 rings (SSSR count). The first-order chi connectivity index (χ1) is 24.9. The summed E-state index contributed by atoms with van der Waals surface area (Å²) in [6, 6.07) is 10.8. The maximum atomic E-state index is 16.4. The standard InChI is InChI=1S/C39H35F3N6O3S/c1-6-32(49)48-20(2)16-47-30(21(48)3)15-28(44-47)38-36(34-26(41)13-25(40)14-31(34)51-18-22-11-33(50)46(5)17-22)35-27(42)19-52-39(35)37(43-38)24-7-8-29-23(12-24)9-10-45(29)4/h6-10,12-15,19-22H,1,11,16-18H2,2-5H3/t20-,21+,22-/m0/s1. The number of halogens is 3. The highest BCUT2D eigenvalue weighted by Gasteiger charge is 2.35. The van der Waals surface area contributed by atoms with E-state index < -0.39 is 23.5 Å². The highest BCUT2D eigenvalue weighted by molar-refractivity contribution is 7.17. The Morgan fingerprint density at radius 2 is 1.85 bits per heavy atom. The average Bonchev–Trinajstić information content (AvgIpc) is 3.89. The summed E-state index contributed by atoms with van der Waals surface area (Å²) in [6.07, 6.45) is 3.47. The topological polar surface area (TPSA) is 85.5 Å². The van der Waals surface area contributed by atoms with Gasteiger partial charge in [-0.3, -0.25) is 14.3 Å². The molecule has 2 amide bonds. The van der Waals surface area contributed by atoms with Crippen molar-refractivity contribution in [1.29, 1.82) is 0 Å². The molecule has 2 aromatic carbocycles. The van der Waals surface area contributed by atoms with Crippen LogP contribution in [-0.4, -0.2) is 67.2 Å². The Morgan fingerprint density at radius 1 is 1.04 bits per heavy atom. The van der Waals surface area contributed by atoms with Gasteiger partial charge < -0.3 is 19.1 Å². The fourth-order valence-electron chi connectivity index (χ4n) is 7.72. The van der Waals surface area contributed by atoms with Crippen molar-refractivity contribution in [3.63, 3.8) is 0 Å². The third-order valence-electron chi connectivity index (χ3n) is 10.2. The number of benzene rings is 2. The van der Waals surface area contributed by atoms with Crippen LogP contribution in [-0.2, 0) is 23.2 Å². The lowest BCUT2D eigenvalue weighted by atomic mass is 9.94. The highest BCUT2D eigenvalue weighted by Crippen LogP contribution is 2.48. The second-order valence-corrected chi connectivity index (χ2v) is 14.6. The van der Waals surface area contributed by atoms with Crippen molar-refractivity contribution in [2.24, 2.45) is 13.0 Å². The molecular formula is C39H35F3N6O3S. The Morgan fingerprint density at radius 3 is 2.60 bits per heavy atom. The van der Waals surface area contributed by atoms with Crippen LogP contribution in [0.15, 0.2) is 66.7 Å². The van der Waals surface area contributed by atoms with Crippen molar-refractivity contribution < 1.29 is 27.5 Å². The minimum Gasteiger partial charge on any atom is -0.492 e. The van der Waals surface area contributed by atoms with Gasteiger partial charge in [0.05, 0.1) is 40.8 Å². The molecule has 0 bridgehead atoms. The molecule has 0 spiro atoms. The van der Waals surface area contributed by atoms with Gasteiger partial charge in [-0.2, -0.15) is 5.10 Å². The second kappa shape index (κ2) is 12.7. The lowest BCUT2D eigenvalue weighted by molar-refractivity contribution is -0.132. The van der Waals surface area contributed by atoms with Crippen molar-refractivity contribution >= 4 is 44.1 Å². The molecule has 0 aliphatic carbocycles. The second-order valence-electron chi connectivity index (χ2n) is 13.7. The quantitative estimate of drug-likeness (QED) is 0.157. The number of carbonyl (C=O) groups is 2. The van der Waals surface area contributed by atoms with Gasteiger partial charge >= 0.3 is 0 Å². The smallest absolute Gasteiger partial charge is 0.246 e. The fraction of sp³-hybridized carbons (Fsp3) is 0.282. The number of aryl methyl sites for hydroxylation is 1. The van der Waals surface area contributed by atoms with E-state index in [4.69, 9.17) is 14.8 Å². The van der Waals surface area contributed by atoms with Crippen molar-refractivity contribution in [3.05, 3.63) is 89.8 Å². The maximum Gasteiger partial charge on any atom is 0.246 e. The number of pyridine rings is 1. The molecule has 13 heteroatoms. The summed E-state index contributed by atoms with van der Waals surface area (Å²) < 4.78 is 58.1. The van der Waals surface area contributed by atoms with Gasteiger partial charge in [0.2, 0.25) is 11.8 Å². The molecule has 6 aromatic rings. The molecule has 0 unspecified atom stereocenters. The summed E-state index contributed by atoms with van der Waals surface area (Å²) in [5.41, 5.74) is 3.31. The summed E-state index contributed by atoms with van der Waals surface area (Å²) in [4.78, 5) is 33.6. The molecule has 1 saturated heterocycles. The van der Waals surface area contributed by atoms with E-state index in [1.54, 1.807) is 27.6 Å². The molecule has 9 nitrogen and oxygen atoms in total. The third-order valence-corrected chi connectivity index (χ3v) is 11.2. The van der Waals surface area contributed by atoms with Gasteiger partial charge in [0.25, 0.3) is 0 Å². The number of ether oxygens (including phenoxy) is 1. The molecule has 1 fully saturated rings. The average molecular weight is 725 g/mol. The van der Waals surface area contributed by atoms with Crippen LogP contribution in [0.2, 0.25) is 0 Å². The number of rotatable bonds is 7. The van der Waals surface area contributed by atoms with Gasteiger partial charge in [0, 0.05) is 90.1 Å². The van der Waals surface area contributed by atoms with Crippen LogP contribution in [0.3, 0.4) is 0 Å². The highest BCUT2D eigenvalue weighted by atomic mass is 32.1. The molecule has 2 aliphatic heterocycles. The van der Waals surface area contributed by atoms with Crippen molar-refractivity contribution in [2.75, 3.05) is 20.2 Å². The van der Waals surface area contributed by atoms with Crippen LogP contribution in [0, 0.1) is 23.4 Å². The Bertz CT molecular complexity index is 2450. The molecule has 266 valence electrons. The lowest BCUT2D eigenvalue weighted by Gasteiger charge is -2.38. The predicted molar refractivity (Wildman–Crippen MR) is 194 cm³/mol. The molecular weight excluding hydrogens is 690 g/mol. The molecule has 52 heavy (non-hydrogen) atoms. The monoisotopic (exact) mass is 724 g/mol. The number of nitrogens with zero attached hydrogens (tertiary/aromatic N) is 6. The van der Waals surface area contributed by atoms with Crippen molar-refractivity contribution in [3.8, 4) is 39.5 Å². The van der Waals surface area contributed by atoms with Gasteiger partial charge in [0.15, 0.2) is 0 Å². The van der Waals surface area contributed by atoms with Crippen molar-refractivity contribution in [1.82, 2.24) is 29.1 Å². The van der Waals surface area contributed by atoms with Gasteiger partial charge in [-0.25, -0.2) is 18.2 Å². The SMILES string of the molecule is C=CC(=O)N1[C@H](C)c2cc(-c3nc(-c4ccc5c(ccn5C)c4)c4scc(F)c4c3-c3c(F)cc(F)cc3OC[C@H]3CC(=O)N(C)C3)nn2C[C@@H]1C. The molecule has 0 radical (unpaired) electrons. The molecule has 4 aromatic heterocycles. The van der Waals surface area contributed by atoms with E-state index in [2.05, 4.69) is 6.58 Å².